The highest BCUT2D eigenvalue weighted by Gasteiger charge is 2.14. The van der Waals surface area contributed by atoms with E-state index in [1.54, 1.807) is 0 Å². The second-order valence-corrected chi connectivity index (χ2v) is 5.46. The maximum Gasteiger partial charge on any atom is 0.224 e. The fraction of sp³-hybridized carbons (Fsp3) is 0.562. The maximum atomic E-state index is 11.9. The zero-order valence-corrected chi connectivity index (χ0v) is 11.2. The zero-order chi connectivity index (χ0) is 12.8. The predicted molar refractivity (Wildman–Crippen MR) is 75.6 cm³/mol. The molecule has 0 aromatic heterocycles. The van der Waals surface area contributed by atoms with Crippen molar-refractivity contribution in [3.8, 4) is 0 Å². The summed E-state index contributed by atoms with van der Waals surface area (Å²) in [4.78, 5) is 11.9. The molecule has 1 N–H and O–H groups in total. The molecule has 1 aliphatic rings. The minimum atomic E-state index is 0.158. The minimum Gasteiger partial charge on any atom is -0.326 e. The fourth-order valence-corrected chi connectivity index (χ4v) is 2.76. The van der Waals surface area contributed by atoms with Crippen LogP contribution < -0.4 is 5.32 Å². The van der Waals surface area contributed by atoms with Gasteiger partial charge in [-0.05, 0) is 37.0 Å². The van der Waals surface area contributed by atoms with E-state index in [1.807, 2.05) is 31.2 Å². The van der Waals surface area contributed by atoms with Crippen molar-refractivity contribution in [2.24, 2.45) is 5.92 Å². The molecule has 0 atom stereocenters. The Morgan fingerprint density at radius 1 is 1.28 bits per heavy atom. The van der Waals surface area contributed by atoms with Gasteiger partial charge in [0, 0.05) is 12.1 Å². The highest BCUT2D eigenvalue weighted by molar-refractivity contribution is 5.90. The lowest BCUT2D eigenvalue weighted by Gasteiger charge is -2.21. The van der Waals surface area contributed by atoms with Gasteiger partial charge in [-0.25, -0.2) is 0 Å². The quantitative estimate of drug-likeness (QED) is 0.842. The van der Waals surface area contributed by atoms with Crippen molar-refractivity contribution in [2.75, 3.05) is 5.32 Å². The molecule has 1 fully saturated rings. The molecule has 0 saturated heterocycles. The third kappa shape index (κ3) is 4.17. The number of rotatable bonds is 4. The molecule has 2 heteroatoms. The average Bonchev–Trinajstić information content (AvgIpc) is 2.38. The summed E-state index contributed by atoms with van der Waals surface area (Å²) in [7, 11) is 0. The van der Waals surface area contributed by atoms with E-state index >= 15 is 0 Å². The van der Waals surface area contributed by atoms with Gasteiger partial charge >= 0.3 is 0 Å². The number of anilines is 1. The third-order valence-electron chi connectivity index (χ3n) is 3.81. The van der Waals surface area contributed by atoms with Crippen LogP contribution in [0.4, 0.5) is 5.69 Å². The maximum absolute atomic E-state index is 11.9. The lowest BCUT2D eigenvalue weighted by molar-refractivity contribution is -0.116. The first-order chi connectivity index (χ1) is 8.74. The Labute approximate surface area is 110 Å². The molecule has 0 heterocycles. The number of hydrogen-bond acceptors (Lipinski definition) is 1. The van der Waals surface area contributed by atoms with Crippen molar-refractivity contribution in [1.82, 2.24) is 0 Å². The molecule has 98 valence electrons. The number of carbonyl (C=O) groups is 1. The van der Waals surface area contributed by atoms with E-state index in [1.165, 1.54) is 37.7 Å². The Bertz CT molecular complexity index is 394. The standard InChI is InChI=1S/C16H23NO/c1-13-6-5-9-15(12-13)17-16(18)11-10-14-7-3-2-4-8-14/h5-6,9,12,14H,2-4,7-8,10-11H2,1H3,(H,17,18). The summed E-state index contributed by atoms with van der Waals surface area (Å²) in [5, 5.41) is 2.98. The molecule has 2 nitrogen and oxygen atoms in total. The fourth-order valence-electron chi connectivity index (χ4n) is 2.76. The van der Waals surface area contributed by atoms with Gasteiger partial charge in [-0.2, -0.15) is 0 Å². The topological polar surface area (TPSA) is 29.1 Å². The van der Waals surface area contributed by atoms with Crippen LogP contribution in [-0.4, -0.2) is 5.91 Å². The highest BCUT2D eigenvalue weighted by Crippen LogP contribution is 2.27. The van der Waals surface area contributed by atoms with Crippen LogP contribution in [0.15, 0.2) is 24.3 Å². The number of aryl methyl sites for hydroxylation is 1. The number of amides is 1. The van der Waals surface area contributed by atoms with E-state index < -0.39 is 0 Å². The van der Waals surface area contributed by atoms with Gasteiger partial charge in [-0.1, -0.05) is 44.2 Å². The molecular formula is C16H23NO. The monoisotopic (exact) mass is 245 g/mol. The van der Waals surface area contributed by atoms with Crippen molar-refractivity contribution in [3.63, 3.8) is 0 Å². The lowest BCUT2D eigenvalue weighted by atomic mass is 9.86. The van der Waals surface area contributed by atoms with Crippen molar-refractivity contribution >= 4 is 11.6 Å². The van der Waals surface area contributed by atoms with Crippen LogP contribution >= 0.6 is 0 Å². The first kappa shape index (κ1) is 13.1. The highest BCUT2D eigenvalue weighted by atomic mass is 16.1. The smallest absolute Gasteiger partial charge is 0.224 e. The van der Waals surface area contributed by atoms with Crippen molar-refractivity contribution in [3.05, 3.63) is 29.8 Å². The molecule has 0 radical (unpaired) electrons. The Kier molecular flexibility index (Phi) is 4.80. The van der Waals surface area contributed by atoms with Crippen molar-refractivity contribution in [1.29, 1.82) is 0 Å². The van der Waals surface area contributed by atoms with Gasteiger partial charge in [0.1, 0.15) is 0 Å². The van der Waals surface area contributed by atoms with Gasteiger partial charge in [0.15, 0.2) is 0 Å². The largest absolute Gasteiger partial charge is 0.326 e. The van der Waals surface area contributed by atoms with Crippen LogP contribution in [0.25, 0.3) is 0 Å². The Morgan fingerprint density at radius 3 is 2.78 bits per heavy atom. The molecule has 0 spiro atoms. The number of nitrogens with one attached hydrogen (secondary N) is 1. The summed E-state index contributed by atoms with van der Waals surface area (Å²) in [5.74, 6) is 0.938. The molecule has 0 bridgehead atoms. The molecule has 1 aromatic carbocycles. The SMILES string of the molecule is Cc1cccc(NC(=O)CCC2CCCCC2)c1. The van der Waals surface area contributed by atoms with Gasteiger partial charge in [-0.15, -0.1) is 0 Å². The molecule has 2 rings (SSSR count). The van der Waals surface area contributed by atoms with E-state index in [4.69, 9.17) is 0 Å². The van der Waals surface area contributed by atoms with E-state index in [9.17, 15) is 4.79 Å². The third-order valence-corrected chi connectivity index (χ3v) is 3.81. The Hall–Kier alpha value is -1.31. The summed E-state index contributed by atoms with van der Waals surface area (Å²) in [6, 6.07) is 7.98. The molecule has 1 aliphatic carbocycles. The summed E-state index contributed by atoms with van der Waals surface area (Å²) in [6.07, 6.45) is 8.44. The summed E-state index contributed by atoms with van der Waals surface area (Å²) in [6.45, 7) is 2.04. The van der Waals surface area contributed by atoms with Crippen LogP contribution in [-0.2, 0) is 4.79 Å². The molecule has 0 aliphatic heterocycles. The van der Waals surface area contributed by atoms with Crippen molar-refractivity contribution < 1.29 is 4.79 Å². The molecule has 1 saturated carbocycles. The zero-order valence-electron chi connectivity index (χ0n) is 11.2. The Balaban J connectivity index is 1.74. The molecule has 1 amide bonds. The summed E-state index contributed by atoms with van der Waals surface area (Å²) >= 11 is 0. The lowest BCUT2D eigenvalue weighted by Crippen LogP contribution is -2.14. The van der Waals surface area contributed by atoms with Gasteiger partial charge < -0.3 is 5.32 Å². The summed E-state index contributed by atoms with van der Waals surface area (Å²) < 4.78 is 0. The second-order valence-electron chi connectivity index (χ2n) is 5.46. The van der Waals surface area contributed by atoms with Gasteiger partial charge in [0.05, 0.1) is 0 Å². The van der Waals surface area contributed by atoms with Crippen LogP contribution in [0, 0.1) is 12.8 Å². The average molecular weight is 245 g/mol. The number of carbonyl (C=O) groups excluding carboxylic acids is 1. The van der Waals surface area contributed by atoms with Crippen LogP contribution in [0.3, 0.4) is 0 Å². The minimum absolute atomic E-state index is 0.158. The van der Waals surface area contributed by atoms with Gasteiger partial charge in [-0.3, -0.25) is 4.79 Å². The van der Waals surface area contributed by atoms with Gasteiger partial charge in [0.25, 0.3) is 0 Å². The molecule has 0 unspecified atom stereocenters. The van der Waals surface area contributed by atoms with E-state index in [0.717, 1.165) is 18.0 Å². The Morgan fingerprint density at radius 2 is 2.06 bits per heavy atom. The summed E-state index contributed by atoms with van der Waals surface area (Å²) in [5.41, 5.74) is 2.10. The van der Waals surface area contributed by atoms with E-state index in [2.05, 4.69) is 5.32 Å². The number of benzene rings is 1. The van der Waals surface area contributed by atoms with Crippen LogP contribution in [0.5, 0.6) is 0 Å². The molecular weight excluding hydrogens is 222 g/mol. The first-order valence-electron chi connectivity index (χ1n) is 7.10. The van der Waals surface area contributed by atoms with E-state index in [-0.39, 0.29) is 5.91 Å². The molecule has 18 heavy (non-hydrogen) atoms. The first-order valence-corrected chi connectivity index (χ1v) is 7.10. The second kappa shape index (κ2) is 6.58. The van der Waals surface area contributed by atoms with Crippen molar-refractivity contribution in [2.45, 2.75) is 51.9 Å². The van der Waals surface area contributed by atoms with Crippen LogP contribution in [0.2, 0.25) is 0 Å². The van der Waals surface area contributed by atoms with Crippen LogP contribution in [0.1, 0.15) is 50.5 Å². The van der Waals surface area contributed by atoms with Gasteiger partial charge in [0.2, 0.25) is 5.91 Å². The molecule has 1 aromatic rings. The van der Waals surface area contributed by atoms with E-state index in [0.29, 0.717) is 6.42 Å². The normalized spacial score (nSPS) is 16.5. The number of hydrogen-bond donors (Lipinski definition) is 1. The predicted octanol–water partition coefficient (Wildman–Crippen LogP) is 4.29.